The van der Waals surface area contributed by atoms with Crippen molar-refractivity contribution in [2.24, 2.45) is 5.16 Å². The van der Waals surface area contributed by atoms with Crippen molar-refractivity contribution in [2.75, 3.05) is 23.8 Å². The zero-order chi connectivity index (χ0) is 21.1. The van der Waals surface area contributed by atoms with Crippen LogP contribution in [0.25, 0.3) is 0 Å². The molecule has 3 rings (SSSR count). The molecule has 1 fully saturated rings. The minimum Gasteiger partial charge on any atom is -0.447 e. The van der Waals surface area contributed by atoms with E-state index in [-0.39, 0.29) is 17.3 Å². The van der Waals surface area contributed by atoms with Crippen molar-refractivity contribution >= 4 is 82.2 Å². The van der Waals surface area contributed by atoms with Crippen LogP contribution in [0.2, 0.25) is 0 Å². The third kappa shape index (κ3) is 4.22. The standard InChI is InChI=1S/C14H16ClN5O5P2S2/c1-24-18-7(6-4-29-14(16-6)19-26)10(21)17-8-11(22)20-9(13(23)25-27)5(2-15)3-28-12(8)20/h4,8,12H,2-3,26-27H2,1H3,(H,16,19)(H,17,21)/b18-7-/t8-,12-/m1/s1. The van der Waals surface area contributed by atoms with E-state index in [1.165, 1.54) is 35.1 Å². The predicted octanol–water partition coefficient (Wildman–Crippen LogP) is 0.922. The number of thioether (sulfide) groups is 1. The topological polar surface area (TPSA) is 122 Å². The lowest BCUT2D eigenvalue weighted by molar-refractivity contribution is -0.149. The first-order valence-corrected chi connectivity index (χ1v) is 11.5. The van der Waals surface area contributed by atoms with Crippen LogP contribution in [0.3, 0.4) is 0 Å². The first-order valence-electron chi connectivity index (χ1n) is 7.95. The van der Waals surface area contributed by atoms with E-state index in [1.807, 2.05) is 9.47 Å². The van der Waals surface area contributed by atoms with Crippen molar-refractivity contribution in [2.45, 2.75) is 11.4 Å². The fourth-order valence-electron chi connectivity index (χ4n) is 2.78. The molecular weight excluding hydrogens is 480 g/mol. The van der Waals surface area contributed by atoms with Gasteiger partial charge in [-0.2, -0.15) is 0 Å². The molecule has 2 aliphatic rings. The van der Waals surface area contributed by atoms with Gasteiger partial charge < -0.3 is 19.8 Å². The molecule has 0 aliphatic carbocycles. The van der Waals surface area contributed by atoms with Crippen LogP contribution in [0.4, 0.5) is 5.13 Å². The van der Waals surface area contributed by atoms with Gasteiger partial charge in [-0.05, 0) is 15.0 Å². The number of oxime groups is 1. The van der Waals surface area contributed by atoms with E-state index < -0.39 is 29.2 Å². The fourth-order valence-corrected chi connectivity index (χ4v) is 5.45. The Morgan fingerprint density at radius 2 is 2.28 bits per heavy atom. The second kappa shape index (κ2) is 9.57. The van der Waals surface area contributed by atoms with E-state index in [0.717, 1.165) is 0 Å². The summed E-state index contributed by atoms with van der Waals surface area (Å²) in [6, 6.07) is -0.836. The Labute approximate surface area is 183 Å². The summed E-state index contributed by atoms with van der Waals surface area (Å²) in [4.78, 5) is 47.8. The molecule has 2 aliphatic heterocycles. The Morgan fingerprint density at radius 3 is 2.86 bits per heavy atom. The van der Waals surface area contributed by atoms with E-state index in [4.69, 9.17) is 21.0 Å². The van der Waals surface area contributed by atoms with Crippen molar-refractivity contribution in [1.82, 2.24) is 15.2 Å². The van der Waals surface area contributed by atoms with Crippen LogP contribution < -0.4 is 10.4 Å². The van der Waals surface area contributed by atoms with Gasteiger partial charge >= 0.3 is 5.97 Å². The smallest absolute Gasteiger partial charge is 0.357 e. The Bertz CT molecular complexity index is 911. The van der Waals surface area contributed by atoms with Gasteiger partial charge in [0.2, 0.25) is 0 Å². The molecule has 29 heavy (non-hydrogen) atoms. The quantitative estimate of drug-likeness (QED) is 0.188. The average Bonchev–Trinajstić information content (AvgIpc) is 3.22. The molecule has 1 aromatic heterocycles. The SMILES string of the molecule is CO/N=C(\C(=O)N[C@@H]1C(=O)N2C(C(=O)OP)=C(CCl)CS[C@H]12)c1csc(NP)n1. The number of aromatic nitrogens is 1. The lowest BCUT2D eigenvalue weighted by atomic mass is 10.0. The number of hydrogen-bond acceptors (Lipinski definition) is 10. The van der Waals surface area contributed by atoms with Gasteiger partial charge in [-0.15, -0.1) is 34.7 Å². The number of halogens is 1. The van der Waals surface area contributed by atoms with Crippen LogP contribution in [0, 0.1) is 0 Å². The maximum atomic E-state index is 12.8. The van der Waals surface area contributed by atoms with Crippen molar-refractivity contribution in [3.8, 4) is 0 Å². The van der Waals surface area contributed by atoms with E-state index in [0.29, 0.717) is 22.2 Å². The normalized spacial score (nSPS) is 21.3. The van der Waals surface area contributed by atoms with Gasteiger partial charge in [-0.1, -0.05) is 5.16 Å². The fraction of sp³-hybridized carbons (Fsp3) is 0.357. The van der Waals surface area contributed by atoms with Gasteiger partial charge in [-0.3, -0.25) is 14.5 Å². The Balaban J connectivity index is 1.79. The molecule has 1 saturated heterocycles. The van der Waals surface area contributed by atoms with Crippen molar-refractivity contribution in [3.05, 3.63) is 22.3 Å². The minimum atomic E-state index is -0.836. The van der Waals surface area contributed by atoms with Gasteiger partial charge in [0.1, 0.15) is 29.9 Å². The molecule has 4 atom stereocenters. The Morgan fingerprint density at radius 1 is 1.52 bits per heavy atom. The number of amides is 2. The zero-order valence-corrected chi connectivity index (χ0v) is 19.6. The van der Waals surface area contributed by atoms with Crippen molar-refractivity contribution in [3.63, 3.8) is 0 Å². The molecule has 156 valence electrons. The Hall–Kier alpha value is -1.45. The highest BCUT2D eigenvalue weighted by Crippen LogP contribution is 2.41. The maximum Gasteiger partial charge on any atom is 0.357 e. The largest absolute Gasteiger partial charge is 0.447 e. The summed E-state index contributed by atoms with van der Waals surface area (Å²) in [5.74, 6) is -1.20. The van der Waals surface area contributed by atoms with Gasteiger partial charge in [-0.25, -0.2) is 9.78 Å². The lowest BCUT2D eigenvalue weighted by Crippen LogP contribution is -2.71. The summed E-state index contributed by atoms with van der Waals surface area (Å²) in [7, 11) is 5.47. The first-order chi connectivity index (χ1) is 14.0. The molecule has 0 radical (unpaired) electrons. The number of anilines is 1. The van der Waals surface area contributed by atoms with E-state index in [2.05, 4.69) is 29.9 Å². The predicted molar refractivity (Wildman–Crippen MR) is 118 cm³/mol. The molecule has 0 saturated carbocycles. The molecule has 0 spiro atoms. The van der Waals surface area contributed by atoms with Crippen LogP contribution in [0.1, 0.15) is 5.69 Å². The van der Waals surface area contributed by atoms with Crippen molar-refractivity contribution < 1.29 is 23.7 Å². The molecule has 2 amide bonds. The molecule has 2 N–H and O–H groups in total. The number of nitrogens with one attached hydrogen (secondary N) is 2. The van der Waals surface area contributed by atoms with E-state index >= 15 is 0 Å². The first kappa shape index (κ1) is 22.2. The van der Waals surface area contributed by atoms with Crippen LogP contribution in [0.5, 0.6) is 0 Å². The number of carbonyl (C=O) groups is 3. The summed E-state index contributed by atoms with van der Waals surface area (Å²) >= 11 is 8.58. The molecule has 0 bridgehead atoms. The highest BCUT2D eigenvalue weighted by molar-refractivity contribution is 8.00. The second-order valence-corrected chi connectivity index (χ2v) is 8.41. The average molecular weight is 496 g/mol. The monoisotopic (exact) mass is 495 g/mol. The van der Waals surface area contributed by atoms with E-state index in [1.54, 1.807) is 5.38 Å². The lowest BCUT2D eigenvalue weighted by Gasteiger charge is -2.49. The van der Waals surface area contributed by atoms with Crippen LogP contribution >= 0.6 is 53.6 Å². The van der Waals surface area contributed by atoms with Gasteiger partial charge in [0, 0.05) is 17.0 Å². The number of β-lactam (4-membered cyclic amide) rings is 1. The molecule has 1 aromatic rings. The number of nitrogens with zero attached hydrogens (tertiary/aromatic N) is 3. The summed E-state index contributed by atoms with van der Waals surface area (Å²) in [6.45, 7) is 0. The van der Waals surface area contributed by atoms with Crippen LogP contribution in [-0.2, 0) is 23.7 Å². The minimum absolute atomic E-state index is 0.0658. The molecule has 2 unspecified atom stereocenters. The van der Waals surface area contributed by atoms with Gasteiger partial charge in [0.05, 0.1) is 9.47 Å². The zero-order valence-electron chi connectivity index (χ0n) is 14.9. The summed E-state index contributed by atoms with van der Waals surface area (Å²) in [5, 5.41) is 10.9. The van der Waals surface area contributed by atoms with Crippen LogP contribution in [0.15, 0.2) is 21.8 Å². The number of fused-ring (bicyclic) bond motifs is 1. The number of rotatable bonds is 7. The maximum absolute atomic E-state index is 12.8. The third-order valence-corrected chi connectivity index (χ3v) is 7.20. The number of thiazole rings is 1. The third-order valence-electron chi connectivity index (χ3n) is 4.06. The van der Waals surface area contributed by atoms with Crippen LogP contribution in [-0.4, -0.2) is 63.5 Å². The summed E-state index contributed by atoms with van der Waals surface area (Å²) < 4.78 is 4.70. The van der Waals surface area contributed by atoms with E-state index in [9.17, 15) is 14.4 Å². The van der Waals surface area contributed by atoms with Gasteiger partial charge in [0.15, 0.2) is 10.8 Å². The molecule has 0 aromatic carbocycles. The van der Waals surface area contributed by atoms with Gasteiger partial charge in [0.25, 0.3) is 11.8 Å². The summed E-state index contributed by atoms with van der Waals surface area (Å²) in [5.41, 5.74) is 0.954. The number of carbonyl (C=O) groups excluding carboxylic acids is 3. The Kier molecular flexibility index (Phi) is 7.34. The number of hydrogen-bond donors (Lipinski definition) is 2. The molecular formula is C14H16ClN5O5P2S2. The van der Waals surface area contributed by atoms with Crippen molar-refractivity contribution in [1.29, 1.82) is 0 Å². The number of alkyl halides is 1. The summed E-state index contributed by atoms with van der Waals surface area (Å²) in [6.07, 6.45) is 0. The molecule has 15 heteroatoms. The highest BCUT2D eigenvalue weighted by Gasteiger charge is 2.54. The highest BCUT2D eigenvalue weighted by atomic mass is 35.5. The molecule has 3 heterocycles. The molecule has 10 nitrogen and oxygen atoms in total. The second-order valence-electron chi connectivity index (χ2n) is 5.66.